The van der Waals surface area contributed by atoms with Crippen molar-refractivity contribution in [2.24, 2.45) is 5.92 Å². The van der Waals surface area contributed by atoms with Crippen LogP contribution in [0.3, 0.4) is 0 Å². The van der Waals surface area contributed by atoms with Crippen LogP contribution < -0.4 is 0 Å². The van der Waals surface area contributed by atoms with Gasteiger partial charge in [0.1, 0.15) is 0 Å². The molecule has 0 rings (SSSR count). The summed E-state index contributed by atoms with van der Waals surface area (Å²) >= 11 is 0. The second-order valence-corrected chi connectivity index (χ2v) is 2.60. The van der Waals surface area contributed by atoms with E-state index in [0.29, 0.717) is 12.5 Å². The summed E-state index contributed by atoms with van der Waals surface area (Å²) in [6.45, 7) is 4.69. The van der Waals surface area contributed by atoms with Crippen LogP contribution in [-0.4, -0.2) is 11.7 Å². The monoisotopic (exact) mass is 271 g/mol. The fourth-order valence-corrected chi connectivity index (χ4v) is 0.917. The molecule has 1 nitrogen and oxygen atoms in total. The fraction of sp³-hybridized carbons (Fsp3) is 1.00. The first-order chi connectivity index (χ1) is 4.35. The van der Waals surface area contributed by atoms with Gasteiger partial charge in [-0.1, -0.05) is 33.1 Å². The van der Waals surface area contributed by atoms with Crippen LogP contribution in [0, 0.1) is 47.2 Å². The molecule has 0 spiro atoms. The van der Waals surface area contributed by atoms with Crippen molar-refractivity contribution in [3.8, 4) is 0 Å². The van der Waals surface area contributed by atoms with E-state index >= 15 is 0 Å². The van der Waals surface area contributed by atoms with E-state index in [-0.39, 0.29) is 41.3 Å². The molecule has 0 bridgehead atoms. The Morgan fingerprint density at radius 2 is 1.90 bits per heavy atom. The Balaban J connectivity index is 0. The number of hydrogen-bond acceptors (Lipinski definition) is 1. The molecule has 0 aliphatic heterocycles. The smallest absolute Gasteiger partial charge is 0.0459 e. The van der Waals surface area contributed by atoms with E-state index in [1.54, 1.807) is 0 Å². The molecular formula is C8H18OPr. The van der Waals surface area contributed by atoms with Crippen LogP contribution in [-0.2, 0) is 0 Å². The van der Waals surface area contributed by atoms with Gasteiger partial charge < -0.3 is 5.11 Å². The van der Waals surface area contributed by atoms with E-state index in [1.807, 2.05) is 0 Å². The van der Waals surface area contributed by atoms with Gasteiger partial charge in [-0.25, -0.2) is 0 Å². The van der Waals surface area contributed by atoms with E-state index < -0.39 is 0 Å². The standard InChI is InChI=1S/C8H18O.Pr/c1-3-5-6-8(4-2)7-9;/h8-9H,3-7H2,1-2H3;. The van der Waals surface area contributed by atoms with Crippen molar-refractivity contribution in [1.82, 2.24) is 0 Å². The van der Waals surface area contributed by atoms with Crippen LogP contribution in [0.15, 0.2) is 0 Å². The molecule has 1 N–H and O–H groups in total. The normalized spacial score (nSPS) is 12.3. The Kier molecular flexibility index (Phi) is 14.3. The molecule has 0 aliphatic carbocycles. The van der Waals surface area contributed by atoms with E-state index in [1.165, 1.54) is 19.3 Å². The Morgan fingerprint density at radius 3 is 2.20 bits per heavy atom. The fourth-order valence-electron chi connectivity index (χ4n) is 0.917. The second-order valence-electron chi connectivity index (χ2n) is 2.60. The van der Waals surface area contributed by atoms with Crippen LogP contribution in [0.4, 0.5) is 0 Å². The van der Waals surface area contributed by atoms with Gasteiger partial charge in [-0.3, -0.25) is 0 Å². The molecule has 0 aromatic carbocycles. The maximum Gasteiger partial charge on any atom is 0.0459 e. The summed E-state index contributed by atoms with van der Waals surface area (Å²) in [6, 6.07) is 0. The topological polar surface area (TPSA) is 20.2 Å². The van der Waals surface area contributed by atoms with Crippen molar-refractivity contribution in [3.05, 3.63) is 0 Å². The van der Waals surface area contributed by atoms with E-state index in [4.69, 9.17) is 5.11 Å². The van der Waals surface area contributed by atoms with Crippen LogP contribution in [0.25, 0.3) is 0 Å². The number of rotatable bonds is 5. The molecule has 1 unspecified atom stereocenters. The number of unbranched alkanes of at least 4 members (excludes halogenated alkanes) is 1. The summed E-state index contributed by atoms with van der Waals surface area (Å²) in [5, 5.41) is 8.75. The van der Waals surface area contributed by atoms with Gasteiger partial charge in [0.15, 0.2) is 0 Å². The van der Waals surface area contributed by atoms with Gasteiger partial charge in [0.2, 0.25) is 0 Å². The second kappa shape index (κ2) is 10.3. The largest absolute Gasteiger partial charge is 0.396 e. The number of aliphatic hydroxyl groups is 1. The number of hydrogen-bond donors (Lipinski definition) is 1. The summed E-state index contributed by atoms with van der Waals surface area (Å²) in [5.74, 6) is 0.560. The summed E-state index contributed by atoms with van der Waals surface area (Å²) in [4.78, 5) is 0. The maximum absolute atomic E-state index is 8.75. The first kappa shape index (κ1) is 13.9. The van der Waals surface area contributed by atoms with Crippen molar-refractivity contribution < 1.29 is 46.4 Å². The molecule has 0 aromatic rings. The van der Waals surface area contributed by atoms with E-state index in [0.717, 1.165) is 6.42 Å². The zero-order valence-electron chi connectivity index (χ0n) is 7.14. The zero-order chi connectivity index (χ0) is 7.11. The quantitative estimate of drug-likeness (QED) is 0.812. The molecule has 0 fully saturated rings. The first-order valence-electron chi connectivity index (χ1n) is 3.96. The van der Waals surface area contributed by atoms with Crippen LogP contribution in [0.1, 0.15) is 39.5 Å². The molecule has 0 aromatic heterocycles. The summed E-state index contributed by atoms with van der Waals surface area (Å²) in [6.07, 6.45) is 4.83. The molecule has 2 heteroatoms. The van der Waals surface area contributed by atoms with E-state index in [2.05, 4.69) is 13.8 Å². The average Bonchev–Trinajstić information content (AvgIpc) is 1.91. The average molecular weight is 271 g/mol. The predicted molar refractivity (Wildman–Crippen MR) is 40.4 cm³/mol. The van der Waals surface area contributed by atoms with E-state index in [9.17, 15) is 0 Å². The minimum atomic E-state index is 0. The van der Waals surface area contributed by atoms with Gasteiger partial charge in [-0.05, 0) is 12.3 Å². The molecule has 0 saturated carbocycles. The maximum atomic E-state index is 8.75. The summed E-state index contributed by atoms with van der Waals surface area (Å²) < 4.78 is 0. The van der Waals surface area contributed by atoms with Gasteiger partial charge in [0.05, 0.1) is 0 Å². The van der Waals surface area contributed by atoms with Gasteiger partial charge in [0.25, 0.3) is 0 Å². The molecule has 1 atom stereocenters. The zero-order valence-corrected chi connectivity index (χ0v) is 10.8. The molecule has 1 radical (unpaired) electrons. The molecule has 0 saturated heterocycles. The van der Waals surface area contributed by atoms with Crippen molar-refractivity contribution in [2.45, 2.75) is 39.5 Å². The molecule has 0 aliphatic rings. The summed E-state index contributed by atoms with van der Waals surface area (Å²) in [7, 11) is 0. The molecule has 59 valence electrons. The van der Waals surface area contributed by atoms with Crippen molar-refractivity contribution >= 4 is 0 Å². The van der Waals surface area contributed by atoms with Crippen LogP contribution in [0.2, 0.25) is 0 Å². The minimum Gasteiger partial charge on any atom is -0.396 e. The third-order valence-corrected chi connectivity index (χ3v) is 1.80. The SMILES string of the molecule is CCCCC(CC)CO.[Pr]. The third-order valence-electron chi connectivity index (χ3n) is 1.80. The van der Waals surface area contributed by atoms with Gasteiger partial charge in [0, 0.05) is 47.9 Å². The van der Waals surface area contributed by atoms with Gasteiger partial charge >= 0.3 is 0 Å². The van der Waals surface area contributed by atoms with Crippen molar-refractivity contribution in [2.75, 3.05) is 6.61 Å². The van der Waals surface area contributed by atoms with Crippen molar-refractivity contribution in [3.63, 3.8) is 0 Å². The third kappa shape index (κ3) is 7.43. The minimum absolute atomic E-state index is 0. The molecule has 10 heavy (non-hydrogen) atoms. The Labute approximate surface area is 97.5 Å². The molecule has 0 heterocycles. The predicted octanol–water partition coefficient (Wildman–Crippen LogP) is 2.20. The number of aliphatic hydroxyl groups excluding tert-OH is 1. The Hall–Kier alpha value is 1.32. The molecular weight excluding hydrogens is 253 g/mol. The Bertz CT molecular complexity index is 53.2. The Morgan fingerprint density at radius 1 is 1.30 bits per heavy atom. The summed E-state index contributed by atoms with van der Waals surface area (Å²) in [5.41, 5.74) is 0. The van der Waals surface area contributed by atoms with Crippen LogP contribution >= 0.6 is 0 Å². The van der Waals surface area contributed by atoms with Gasteiger partial charge in [-0.2, -0.15) is 0 Å². The molecule has 0 amide bonds. The van der Waals surface area contributed by atoms with Crippen LogP contribution in [0.5, 0.6) is 0 Å². The van der Waals surface area contributed by atoms with Gasteiger partial charge in [-0.15, -0.1) is 0 Å². The van der Waals surface area contributed by atoms with Crippen molar-refractivity contribution in [1.29, 1.82) is 0 Å². The first-order valence-corrected chi connectivity index (χ1v) is 3.96.